The van der Waals surface area contributed by atoms with Crippen LogP contribution in [0.2, 0.25) is 0 Å². The van der Waals surface area contributed by atoms with Gasteiger partial charge < -0.3 is 10.2 Å². The average molecular weight is 338 g/mol. The Kier molecular flexibility index (Phi) is 7.20. The molecule has 4 heteroatoms. The van der Waals surface area contributed by atoms with Gasteiger partial charge in [0.05, 0.1) is 0 Å². The zero-order valence-electron chi connectivity index (χ0n) is 15.0. The lowest BCUT2D eigenvalue weighted by Gasteiger charge is -2.21. The number of rotatable bonds is 8. The monoisotopic (exact) mass is 338 g/mol. The molecule has 0 atom stereocenters. The maximum Gasteiger partial charge on any atom is 0.236 e. The van der Waals surface area contributed by atoms with Gasteiger partial charge in [0.1, 0.15) is 6.42 Å². The lowest BCUT2D eigenvalue weighted by molar-refractivity contribution is -0.127. The van der Waals surface area contributed by atoms with Gasteiger partial charge in [0.2, 0.25) is 11.8 Å². The molecule has 1 N–H and O–H groups in total. The molecule has 0 radical (unpaired) electrons. The Morgan fingerprint density at radius 1 is 1.04 bits per heavy atom. The molecule has 2 aromatic carbocycles. The summed E-state index contributed by atoms with van der Waals surface area (Å²) < 4.78 is 0. The second kappa shape index (κ2) is 9.62. The fourth-order valence-corrected chi connectivity index (χ4v) is 2.76. The molecule has 132 valence electrons. The van der Waals surface area contributed by atoms with Crippen molar-refractivity contribution in [2.75, 3.05) is 18.0 Å². The summed E-state index contributed by atoms with van der Waals surface area (Å²) in [4.78, 5) is 26.1. The molecule has 2 aromatic rings. The topological polar surface area (TPSA) is 49.4 Å². The number of amides is 2. The number of anilines is 1. The first-order chi connectivity index (χ1) is 12.1. The number of hydrogen-bond acceptors (Lipinski definition) is 2. The van der Waals surface area contributed by atoms with E-state index in [1.807, 2.05) is 56.3 Å². The number of nitrogens with one attached hydrogen (secondary N) is 1. The van der Waals surface area contributed by atoms with Crippen LogP contribution in [-0.2, 0) is 16.0 Å². The molecule has 0 aliphatic heterocycles. The predicted molar refractivity (Wildman–Crippen MR) is 102 cm³/mol. The normalized spacial score (nSPS) is 10.3. The average Bonchev–Trinajstić information content (AvgIpc) is 2.60. The van der Waals surface area contributed by atoms with E-state index in [-0.39, 0.29) is 18.2 Å². The smallest absolute Gasteiger partial charge is 0.236 e. The van der Waals surface area contributed by atoms with Crippen LogP contribution in [-0.4, -0.2) is 24.9 Å². The second-order valence-corrected chi connectivity index (χ2v) is 6.09. The fourth-order valence-electron chi connectivity index (χ4n) is 2.76. The molecule has 0 fully saturated rings. The minimum absolute atomic E-state index is 0.118. The van der Waals surface area contributed by atoms with Crippen molar-refractivity contribution in [3.63, 3.8) is 0 Å². The van der Waals surface area contributed by atoms with Gasteiger partial charge in [0, 0.05) is 18.8 Å². The third-order valence-corrected chi connectivity index (χ3v) is 4.05. The van der Waals surface area contributed by atoms with Crippen LogP contribution in [0, 0.1) is 6.92 Å². The molecule has 0 aliphatic carbocycles. The van der Waals surface area contributed by atoms with Crippen molar-refractivity contribution in [2.45, 2.75) is 33.1 Å². The van der Waals surface area contributed by atoms with Gasteiger partial charge in [-0.2, -0.15) is 0 Å². The van der Waals surface area contributed by atoms with E-state index in [1.165, 1.54) is 5.56 Å². The van der Waals surface area contributed by atoms with Gasteiger partial charge in [-0.05, 0) is 49.9 Å². The highest BCUT2D eigenvalue weighted by molar-refractivity contribution is 6.04. The molecule has 0 saturated carbocycles. The first-order valence-electron chi connectivity index (χ1n) is 8.78. The van der Waals surface area contributed by atoms with Crippen LogP contribution in [0.25, 0.3) is 0 Å². The summed E-state index contributed by atoms with van der Waals surface area (Å²) >= 11 is 0. The Balaban J connectivity index is 1.77. The number of nitrogens with zero attached hydrogens (tertiary/aromatic N) is 1. The van der Waals surface area contributed by atoms with E-state index in [4.69, 9.17) is 0 Å². The third-order valence-electron chi connectivity index (χ3n) is 4.05. The van der Waals surface area contributed by atoms with Crippen molar-refractivity contribution >= 4 is 17.5 Å². The number of benzene rings is 2. The Hall–Kier alpha value is -2.62. The molecule has 25 heavy (non-hydrogen) atoms. The van der Waals surface area contributed by atoms with Crippen LogP contribution in [0.4, 0.5) is 5.69 Å². The Labute approximate surface area is 149 Å². The van der Waals surface area contributed by atoms with Gasteiger partial charge in [-0.1, -0.05) is 42.5 Å². The largest absolute Gasteiger partial charge is 0.356 e. The van der Waals surface area contributed by atoms with Crippen LogP contribution in [0.1, 0.15) is 30.9 Å². The second-order valence-electron chi connectivity index (χ2n) is 6.09. The van der Waals surface area contributed by atoms with Crippen molar-refractivity contribution in [1.29, 1.82) is 0 Å². The molecule has 0 heterocycles. The summed E-state index contributed by atoms with van der Waals surface area (Å²) in [5.41, 5.74) is 3.18. The highest BCUT2D eigenvalue weighted by Crippen LogP contribution is 2.16. The van der Waals surface area contributed by atoms with Crippen molar-refractivity contribution in [1.82, 2.24) is 5.32 Å². The summed E-state index contributed by atoms with van der Waals surface area (Å²) in [7, 11) is 0. The van der Waals surface area contributed by atoms with E-state index in [1.54, 1.807) is 4.90 Å². The van der Waals surface area contributed by atoms with Crippen LogP contribution >= 0.6 is 0 Å². The van der Waals surface area contributed by atoms with Gasteiger partial charge >= 0.3 is 0 Å². The Morgan fingerprint density at radius 3 is 2.48 bits per heavy atom. The first-order valence-corrected chi connectivity index (χ1v) is 8.78. The van der Waals surface area contributed by atoms with Crippen LogP contribution in [0.3, 0.4) is 0 Å². The molecule has 0 spiro atoms. The third kappa shape index (κ3) is 6.07. The van der Waals surface area contributed by atoms with E-state index in [0.29, 0.717) is 13.1 Å². The number of hydrogen-bond donors (Lipinski definition) is 1. The zero-order valence-corrected chi connectivity index (χ0v) is 15.0. The van der Waals surface area contributed by atoms with Crippen LogP contribution in [0.5, 0.6) is 0 Å². The quantitative estimate of drug-likeness (QED) is 0.592. The molecule has 0 unspecified atom stereocenters. The van der Waals surface area contributed by atoms with Gasteiger partial charge in [0.15, 0.2) is 0 Å². The molecule has 4 nitrogen and oxygen atoms in total. The minimum Gasteiger partial charge on any atom is -0.356 e. The van der Waals surface area contributed by atoms with E-state index in [9.17, 15) is 9.59 Å². The molecular formula is C21H26N2O2. The molecule has 0 aromatic heterocycles. The van der Waals surface area contributed by atoms with E-state index >= 15 is 0 Å². The van der Waals surface area contributed by atoms with Crippen molar-refractivity contribution in [3.8, 4) is 0 Å². The molecular weight excluding hydrogens is 312 g/mol. The highest BCUT2D eigenvalue weighted by atomic mass is 16.2. The number of carbonyl (C=O) groups excluding carboxylic acids is 2. The van der Waals surface area contributed by atoms with E-state index in [2.05, 4.69) is 17.4 Å². The number of carbonyl (C=O) groups is 2. The first kappa shape index (κ1) is 18.7. The molecule has 0 aliphatic rings. The maximum atomic E-state index is 12.4. The predicted octanol–water partition coefficient (Wildman–Crippen LogP) is 3.49. The standard InChI is InChI=1S/C21H26N2O2/c1-3-23(19-13-7-9-17(2)15-19)21(25)16-20(24)22-14-8-12-18-10-5-4-6-11-18/h4-7,9-11,13,15H,3,8,12,14,16H2,1-2H3,(H,22,24). The van der Waals surface area contributed by atoms with Gasteiger partial charge in [-0.25, -0.2) is 0 Å². The summed E-state index contributed by atoms with van der Waals surface area (Å²) in [5.74, 6) is -0.391. The molecule has 2 rings (SSSR count). The van der Waals surface area contributed by atoms with Crippen molar-refractivity contribution < 1.29 is 9.59 Å². The summed E-state index contributed by atoms with van der Waals surface area (Å²) in [5, 5.41) is 2.84. The summed E-state index contributed by atoms with van der Waals surface area (Å²) in [6.07, 6.45) is 1.66. The van der Waals surface area contributed by atoms with Gasteiger partial charge in [0.25, 0.3) is 0 Å². The minimum atomic E-state index is -0.218. The van der Waals surface area contributed by atoms with Crippen molar-refractivity contribution in [2.24, 2.45) is 0 Å². The number of aryl methyl sites for hydroxylation is 2. The summed E-state index contributed by atoms with van der Waals surface area (Å²) in [6.45, 7) is 5.03. The maximum absolute atomic E-state index is 12.4. The van der Waals surface area contributed by atoms with Crippen LogP contribution in [0.15, 0.2) is 54.6 Å². The van der Waals surface area contributed by atoms with E-state index < -0.39 is 0 Å². The lowest BCUT2D eigenvalue weighted by Crippen LogP contribution is -2.36. The molecule has 2 amide bonds. The fraction of sp³-hybridized carbons (Fsp3) is 0.333. The van der Waals surface area contributed by atoms with Crippen LogP contribution < -0.4 is 10.2 Å². The van der Waals surface area contributed by atoms with Gasteiger partial charge in [-0.15, -0.1) is 0 Å². The highest BCUT2D eigenvalue weighted by Gasteiger charge is 2.17. The zero-order chi connectivity index (χ0) is 18.1. The Bertz CT molecular complexity index is 698. The molecule has 0 saturated heterocycles. The molecule has 0 bridgehead atoms. The Morgan fingerprint density at radius 2 is 1.80 bits per heavy atom. The lowest BCUT2D eigenvalue weighted by atomic mass is 10.1. The SMILES string of the molecule is CCN(C(=O)CC(=O)NCCCc1ccccc1)c1cccc(C)c1. The van der Waals surface area contributed by atoms with E-state index in [0.717, 1.165) is 24.1 Å². The van der Waals surface area contributed by atoms with Crippen molar-refractivity contribution in [3.05, 3.63) is 65.7 Å². The van der Waals surface area contributed by atoms with Gasteiger partial charge in [-0.3, -0.25) is 9.59 Å². The summed E-state index contributed by atoms with van der Waals surface area (Å²) in [6, 6.07) is 17.9.